The molecule has 0 N–H and O–H groups in total. The highest BCUT2D eigenvalue weighted by Crippen LogP contribution is 2.37. The van der Waals surface area contributed by atoms with E-state index < -0.39 is 39.8 Å². The van der Waals surface area contributed by atoms with Crippen molar-refractivity contribution in [3.63, 3.8) is 0 Å². The van der Waals surface area contributed by atoms with Crippen molar-refractivity contribution in [1.82, 2.24) is 14.2 Å². The lowest BCUT2D eigenvalue weighted by atomic mass is 9.90. The van der Waals surface area contributed by atoms with E-state index >= 15 is 0 Å². The van der Waals surface area contributed by atoms with Crippen molar-refractivity contribution < 1.29 is 31.1 Å². The zero-order chi connectivity index (χ0) is 27.1. The average molecular weight is 568 g/mol. The van der Waals surface area contributed by atoms with Gasteiger partial charge in [-0.15, -0.1) is 11.3 Å². The van der Waals surface area contributed by atoms with E-state index in [1.165, 1.54) is 30.6 Å². The molecule has 1 saturated carbocycles. The minimum absolute atomic E-state index is 0.0876. The monoisotopic (exact) mass is 567 g/mol. The number of fused-ring (bicyclic) bond motifs is 1. The van der Waals surface area contributed by atoms with Crippen molar-refractivity contribution in [3.05, 3.63) is 53.3 Å². The average Bonchev–Trinajstić information content (AvgIpc) is 3.57. The number of alkyl halides is 2. The van der Waals surface area contributed by atoms with E-state index in [-0.39, 0.29) is 49.4 Å². The second-order valence-electron chi connectivity index (χ2n) is 9.78. The van der Waals surface area contributed by atoms with Gasteiger partial charge in [0.05, 0.1) is 27.7 Å². The standard InChI is InChI=1S/C26H28F3N3O4S2/c1-36-23-6-5-19(14-20(23)27)38(34,35)32-12-2-3-22(32)25(33)31(18-8-10-26(28,29)11-9-18)15-17-4-7-24-21(13-17)30-16-37-24/h4-7,13-14,16,18,22H,2-3,8-12,15H2,1H3/t22-/m0/s1. The van der Waals surface area contributed by atoms with Crippen LogP contribution in [0.15, 0.2) is 46.8 Å². The molecule has 0 radical (unpaired) electrons. The summed E-state index contributed by atoms with van der Waals surface area (Å²) in [5.41, 5.74) is 3.30. The van der Waals surface area contributed by atoms with Crippen LogP contribution in [0.5, 0.6) is 5.75 Å². The summed E-state index contributed by atoms with van der Waals surface area (Å²) in [6, 6.07) is 7.57. The number of sulfonamides is 1. The predicted octanol–water partition coefficient (Wildman–Crippen LogP) is 5.20. The van der Waals surface area contributed by atoms with Crippen molar-refractivity contribution in [3.8, 4) is 5.75 Å². The largest absolute Gasteiger partial charge is 0.494 e. The van der Waals surface area contributed by atoms with Gasteiger partial charge in [0, 0.05) is 32.0 Å². The van der Waals surface area contributed by atoms with Gasteiger partial charge < -0.3 is 9.64 Å². The van der Waals surface area contributed by atoms with Crippen LogP contribution >= 0.6 is 11.3 Å². The minimum atomic E-state index is -4.20. The summed E-state index contributed by atoms with van der Waals surface area (Å²) in [4.78, 5) is 19.6. The number of nitrogens with zero attached hydrogens (tertiary/aromatic N) is 3. The number of aromatic nitrogens is 1. The number of rotatable bonds is 7. The Bertz CT molecular complexity index is 1440. The molecule has 1 aliphatic heterocycles. The maximum Gasteiger partial charge on any atom is 0.248 e. The van der Waals surface area contributed by atoms with Crippen molar-refractivity contribution in [2.75, 3.05) is 13.7 Å². The summed E-state index contributed by atoms with van der Waals surface area (Å²) < 4.78 is 76.3. The first kappa shape index (κ1) is 26.9. The Labute approximate surface area is 223 Å². The number of amides is 1. The topological polar surface area (TPSA) is 79.8 Å². The number of hydrogen-bond acceptors (Lipinski definition) is 6. The Morgan fingerprint density at radius 1 is 1.18 bits per heavy atom. The third-order valence-electron chi connectivity index (χ3n) is 7.38. The van der Waals surface area contributed by atoms with E-state index in [1.54, 1.807) is 10.4 Å². The van der Waals surface area contributed by atoms with Crippen LogP contribution in [0.4, 0.5) is 13.2 Å². The number of methoxy groups -OCH3 is 1. The molecule has 12 heteroatoms. The molecule has 1 aromatic heterocycles. The number of hydrogen-bond donors (Lipinski definition) is 0. The first-order valence-electron chi connectivity index (χ1n) is 12.4. The zero-order valence-electron chi connectivity index (χ0n) is 20.8. The number of carbonyl (C=O) groups is 1. The lowest BCUT2D eigenvalue weighted by molar-refractivity contribution is -0.141. The van der Waals surface area contributed by atoms with Crippen molar-refractivity contribution >= 4 is 37.5 Å². The molecule has 2 aromatic carbocycles. The number of benzene rings is 2. The number of halogens is 3. The molecule has 7 nitrogen and oxygen atoms in total. The normalized spacial score (nSPS) is 20.6. The molecule has 0 unspecified atom stereocenters. The second-order valence-corrected chi connectivity index (χ2v) is 12.6. The molecule has 2 fully saturated rings. The fraction of sp³-hybridized carbons (Fsp3) is 0.462. The van der Waals surface area contributed by atoms with Crippen LogP contribution in [-0.2, 0) is 21.4 Å². The van der Waals surface area contributed by atoms with Gasteiger partial charge in [0.25, 0.3) is 0 Å². The molecule has 2 aliphatic rings. The molecule has 2 heterocycles. The molecule has 38 heavy (non-hydrogen) atoms. The van der Waals surface area contributed by atoms with Gasteiger partial charge in [-0.25, -0.2) is 26.6 Å². The summed E-state index contributed by atoms with van der Waals surface area (Å²) in [7, 11) is -2.91. The second kappa shape index (κ2) is 10.5. The highest BCUT2D eigenvalue weighted by molar-refractivity contribution is 7.89. The third kappa shape index (κ3) is 5.26. The minimum Gasteiger partial charge on any atom is -0.494 e. The van der Waals surface area contributed by atoms with Gasteiger partial charge >= 0.3 is 0 Å². The summed E-state index contributed by atoms with van der Waals surface area (Å²) in [6.45, 7) is 0.262. The predicted molar refractivity (Wildman–Crippen MR) is 137 cm³/mol. The van der Waals surface area contributed by atoms with E-state index in [1.807, 2.05) is 18.2 Å². The molecule has 204 valence electrons. The highest BCUT2D eigenvalue weighted by atomic mass is 32.2. The maximum atomic E-state index is 14.3. The maximum absolute atomic E-state index is 14.3. The fourth-order valence-corrected chi connectivity index (χ4v) is 7.65. The molecule has 1 amide bonds. The van der Waals surface area contributed by atoms with Crippen molar-refractivity contribution in [2.24, 2.45) is 0 Å². The first-order valence-corrected chi connectivity index (χ1v) is 14.8. The van der Waals surface area contributed by atoms with Crippen LogP contribution in [0.1, 0.15) is 44.1 Å². The summed E-state index contributed by atoms with van der Waals surface area (Å²) in [6.07, 6.45) is 0.341. The zero-order valence-corrected chi connectivity index (χ0v) is 22.4. The fourth-order valence-electron chi connectivity index (χ4n) is 5.33. The Hall–Kier alpha value is -2.70. The van der Waals surface area contributed by atoms with Crippen LogP contribution in [0.25, 0.3) is 10.2 Å². The lowest BCUT2D eigenvalue weighted by Gasteiger charge is -2.39. The third-order valence-corrected chi connectivity index (χ3v) is 10.1. The number of carbonyl (C=O) groups excluding carboxylic acids is 1. The molecule has 3 aromatic rings. The molecule has 1 aliphatic carbocycles. The highest BCUT2D eigenvalue weighted by Gasteiger charge is 2.44. The van der Waals surface area contributed by atoms with Gasteiger partial charge in [-0.1, -0.05) is 6.07 Å². The Morgan fingerprint density at radius 3 is 2.66 bits per heavy atom. The van der Waals surface area contributed by atoms with E-state index in [2.05, 4.69) is 4.98 Å². The Kier molecular flexibility index (Phi) is 7.40. The lowest BCUT2D eigenvalue weighted by Crippen LogP contribution is -2.52. The van der Waals surface area contributed by atoms with Gasteiger partial charge in [0.1, 0.15) is 6.04 Å². The molecule has 0 spiro atoms. The Morgan fingerprint density at radius 2 is 1.95 bits per heavy atom. The number of thiazole rings is 1. The van der Waals surface area contributed by atoms with Gasteiger partial charge in [-0.2, -0.15) is 4.31 Å². The van der Waals surface area contributed by atoms with E-state index in [9.17, 15) is 26.4 Å². The molecule has 1 saturated heterocycles. The van der Waals surface area contributed by atoms with Gasteiger partial charge in [-0.3, -0.25) is 4.79 Å². The molecule has 0 bridgehead atoms. The number of ether oxygens (including phenoxy) is 1. The van der Waals surface area contributed by atoms with Gasteiger partial charge in [-0.05, 0) is 61.6 Å². The summed E-state index contributed by atoms with van der Waals surface area (Å²) in [5.74, 6) is -4.10. The van der Waals surface area contributed by atoms with Crippen molar-refractivity contribution in [2.45, 2.75) is 68.0 Å². The van der Waals surface area contributed by atoms with Crippen LogP contribution in [0, 0.1) is 5.82 Å². The quantitative estimate of drug-likeness (QED) is 0.392. The first-order chi connectivity index (χ1) is 18.1. The smallest absolute Gasteiger partial charge is 0.248 e. The van der Waals surface area contributed by atoms with Crippen LogP contribution in [0.2, 0.25) is 0 Å². The van der Waals surface area contributed by atoms with E-state index in [4.69, 9.17) is 4.74 Å². The van der Waals surface area contributed by atoms with Crippen LogP contribution in [-0.4, -0.2) is 60.2 Å². The van der Waals surface area contributed by atoms with Gasteiger partial charge in [0.15, 0.2) is 11.6 Å². The molecule has 5 rings (SSSR count). The van der Waals surface area contributed by atoms with E-state index in [0.29, 0.717) is 12.8 Å². The molecule has 1 atom stereocenters. The Balaban J connectivity index is 1.44. The SMILES string of the molecule is COc1ccc(S(=O)(=O)N2CCC[C@H]2C(=O)N(Cc2ccc3scnc3c2)C2CCC(F)(F)CC2)cc1F. The molecular weight excluding hydrogens is 539 g/mol. The van der Waals surface area contributed by atoms with Crippen LogP contribution in [0.3, 0.4) is 0 Å². The van der Waals surface area contributed by atoms with Gasteiger partial charge in [0.2, 0.25) is 21.9 Å². The summed E-state index contributed by atoms with van der Waals surface area (Å²) >= 11 is 1.49. The van der Waals surface area contributed by atoms with E-state index in [0.717, 1.165) is 26.2 Å². The molecular formula is C26H28F3N3O4S2. The van der Waals surface area contributed by atoms with Crippen molar-refractivity contribution in [1.29, 1.82) is 0 Å². The summed E-state index contributed by atoms with van der Waals surface area (Å²) in [5, 5.41) is 0. The van der Waals surface area contributed by atoms with Crippen LogP contribution < -0.4 is 4.74 Å².